The number of carbonyl (C=O) groups is 3. The summed E-state index contributed by atoms with van der Waals surface area (Å²) in [7, 11) is 0. The molecule has 3 rings (SSSR count). The van der Waals surface area contributed by atoms with Gasteiger partial charge in [0, 0.05) is 12.6 Å². The lowest BCUT2D eigenvalue weighted by atomic mass is 9.91. The fourth-order valence-corrected chi connectivity index (χ4v) is 4.69. The van der Waals surface area contributed by atoms with E-state index in [4.69, 9.17) is 4.74 Å². The van der Waals surface area contributed by atoms with Crippen molar-refractivity contribution >= 4 is 17.9 Å². The first kappa shape index (κ1) is 29.2. The monoisotopic (exact) mass is 521 g/mol. The molecule has 0 spiro atoms. The van der Waals surface area contributed by atoms with Gasteiger partial charge in [0.1, 0.15) is 17.7 Å². The van der Waals surface area contributed by atoms with Gasteiger partial charge in [-0.15, -0.1) is 0 Å². The van der Waals surface area contributed by atoms with E-state index in [1.54, 1.807) is 25.7 Å². The first-order chi connectivity index (χ1) is 17.9. The Morgan fingerprint density at radius 1 is 1.00 bits per heavy atom. The quantitative estimate of drug-likeness (QED) is 0.427. The first-order valence-electron chi connectivity index (χ1n) is 13.6. The van der Waals surface area contributed by atoms with Crippen molar-refractivity contribution in [3.05, 3.63) is 70.8 Å². The van der Waals surface area contributed by atoms with E-state index in [1.165, 1.54) is 0 Å². The predicted molar refractivity (Wildman–Crippen MR) is 149 cm³/mol. The molecule has 3 amide bonds. The van der Waals surface area contributed by atoms with Crippen molar-refractivity contribution in [3.8, 4) is 0 Å². The lowest BCUT2D eigenvalue weighted by Gasteiger charge is -2.37. The lowest BCUT2D eigenvalue weighted by molar-refractivity contribution is -0.144. The average Bonchev–Trinajstić information content (AvgIpc) is 3.69. The molecule has 7 nitrogen and oxygen atoms in total. The molecule has 0 radical (unpaired) electrons. The second kappa shape index (κ2) is 12.5. The molecule has 0 aliphatic heterocycles. The summed E-state index contributed by atoms with van der Waals surface area (Å²) in [6.45, 7) is 13.6. The van der Waals surface area contributed by atoms with E-state index >= 15 is 0 Å². The van der Waals surface area contributed by atoms with Crippen LogP contribution in [0.1, 0.15) is 82.2 Å². The Hall–Kier alpha value is -3.35. The highest BCUT2D eigenvalue weighted by molar-refractivity contribution is 5.93. The zero-order valence-electron chi connectivity index (χ0n) is 23.8. The van der Waals surface area contributed by atoms with Crippen LogP contribution in [0.5, 0.6) is 0 Å². The van der Waals surface area contributed by atoms with Crippen LogP contribution in [0.15, 0.2) is 48.5 Å². The van der Waals surface area contributed by atoms with Gasteiger partial charge in [0.05, 0.1) is 0 Å². The predicted octanol–water partition coefficient (Wildman–Crippen LogP) is 5.59. The van der Waals surface area contributed by atoms with E-state index in [0.717, 1.165) is 35.1 Å². The molecular weight excluding hydrogens is 478 g/mol. The van der Waals surface area contributed by atoms with Crippen LogP contribution in [-0.2, 0) is 20.9 Å². The standard InChI is InChI=1S/C31H43N3O4/c1-8-20(2)26(33-30(37)38-31(5,6)7)29(36)34(24-17-18-24)27(25-21(3)13-12-14-22(25)4)28(35)32-19-23-15-10-9-11-16-23/h9-16,20,24,26-27H,8,17-19H2,1-7H3,(H,32,35)(H,33,37). The summed E-state index contributed by atoms with van der Waals surface area (Å²) in [4.78, 5) is 42.8. The number of nitrogens with one attached hydrogen (secondary N) is 2. The van der Waals surface area contributed by atoms with Gasteiger partial charge >= 0.3 is 6.09 Å². The molecule has 7 heteroatoms. The maximum absolute atomic E-state index is 14.3. The van der Waals surface area contributed by atoms with Gasteiger partial charge < -0.3 is 20.3 Å². The molecule has 2 N–H and O–H groups in total. The van der Waals surface area contributed by atoms with E-state index in [1.807, 2.05) is 76.2 Å². The highest BCUT2D eigenvalue weighted by atomic mass is 16.6. The van der Waals surface area contributed by atoms with E-state index in [2.05, 4.69) is 10.6 Å². The zero-order valence-corrected chi connectivity index (χ0v) is 23.8. The van der Waals surface area contributed by atoms with Gasteiger partial charge in [-0.2, -0.15) is 0 Å². The molecule has 1 aliphatic rings. The number of benzene rings is 2. The smallest absolute Gasteiger partial charge is 0.408 e. The molecule has 0 aromatic heterocycles. The summed E-state index contributed by atoms with van der Waals surface area (Å²) in [5.74, 6) is -0.635. The van der Waals surface area contributed by atoms with Crippen molar-refractivity contribution in [2.24, 2.45) is 5.92 Å². The van der Waals surface area contributed by atoms with Gasteiger partial charge in [0.15, 0.2) is 0 Å². The van der Waals surface area contributed by atoms with Crippen molar-refractivity contribution in [2.75, 3.05) is 0 Å². The van der Waals surface area contributed by atoms with Crippen LogP contribution in [0.3, 0.4) is 0 Å². The summed E-state index contributed by atoms with van der Waals surface area (Å²) in [6, 6.07) is 13.9. The Morgan fingerprint density at radius 2 is 1.61 bits per heavy atom. The number of hydrogen-bond acceptors (Lipinski definition) is 4. The van der Waals surface area contributed by atoms with Crippen LogP contribution < -0.4 is 10.6 Å². The van der Waals surface area contributed by atoms with E-state index in [-0.39, 0.29) is 23.8 Å². The van der Waals surface area contributed by atoms with Crippen molar-refractivity contribution in [3.63, 3.8) is 0 Å². The summed E-state index contributed by atoms with van der Waals surface area (Å²) in [5.41, 5.74) is 3.02. The minimum absolute atomic E-state index is 0.0685. The highest BCUT2D eigenvalue weighted by Gasteiger charge is 2.45. The molecule has 3 unspecified atom stereocenters. The highest BCUT2D eigenvalue weighted by Crippen LogP contribution is 2.38. The first-order valence-corrected chi connectivity index (χ1v) is 13.6. The SMILES string of the molecule is CCC(C)C(NC(=O)OC(C)(C)C)C(=O)N(C1CC1)C(C(=O)NCc1ccccc1)c1c(C)cccc1C. The largest absolute Gasteiger partial charge is 0.444 e. The fourth-order valence-electron chi connectivity index (χ4n) is 4.69. The van der Waals surface area contributed by atoms with Gasteiger partial charge in [-0.05, 0) is 75.6 Å². The third kappa shape index (κ3) is 7.59. The van der Waals surface area contributed by atoms with Crippen LogP contribution in [0.25, 0.3) is 0 Å². The summed E-state index contributed by atoms with van der Waals surface area (Å²) in [6.07, 6.45) is 1.68. The topological polar surface area (TPSA) is 87.7 Å². The Kier molecular flexibility index (Phi) is 9.58. The normalized spacial score (nSPS) is 15.7. The maximum Gasteiger partial charge on any atom is 0.408 e. The molecule has 0 saturated heterocycles. The van der Waals surface area contributed by atoms with Crippen molar-refractivity contribution in [1.29, 1.82) is 0 Å². The number of amides is 3. The second-order valence-electron chi connectivity index (χ2n) is 11.4. The van der Waals surface area contributed by atoms with Gasteiger partial charge in [-0.1, -0.05) is 68.8 Å². The van der Waals surface area contributed by atoms with Gasteiger partial charge in [-0.25, -0.2) is 4.79 Å². The number of ether oxygens (including phenoxy) is 1. The summed E-state index contributed by atoms with van der Waals surface area (Å²) < 4.78 is 5.49. The summed E-state index contributed by atoms with van der Waals surface area (Å²) in [5, 5.41) is 5.91. The van der Waals surface area contributed by atoms with Crippen LogP contribution in [0, 0.1) is 19.8 Å². The molecule has 1 aliphatic carbocycles. The number of rotatable bonds is 10. The molecule has 0 heterocycles. The zero-order chi connectivity index (χ0) is 28.0. The minimum Gasteiger partial charge on any atom is -0.444 e. The molecule has 38 heavy (non-hydrogen) atoms. The Labute approximate surface area is 227 Å². The van der Waals surface area contributed by atoms with Crippen LogP contribution in [-0.4, -0.2) is 40.5 Å². The molecule has 2 aromatic carbocycles. The van der Waals surface area contributed by atoms with Crippen LogP contribution >= 0.6 is 0 Å². The van der Waals surface area contributed by atoms with Crippen molar-refractivity contribution in [1.82, 2.24) is 15.5 Å². The molecule has 206 valence electrons. The molecule has 3 atom stereocenters. The maximum atomic E-state index is 14.3. The van der Waals surface area contributed by atoms with Crippen molar-refractivity contribution in [2.45, 2.75) is 98.0 Å². The number of carbonyl (C=O) groups excluding carboxylic acids is 3. The number of aryl methyl sites for hydroxylation is 2. The van der Waals surface area contributed by atoms with Gasteiger partial charge in [0.25, 0.3) is 0 Å². The van der Waals surface area contributed by atoms with Gasteiger partial charge in [0.2, 0.25) is 11.8 Å². The molecule has 0 bridgehead atoms. The Morgan fingerprint density at radius 3 is 2.13 bits per heavy atom. The number of alkyl carbamates (subject to hydrolysis) is 1. The fraction of sp³-hybridized carbons (Fsp3) is 0.516. The number of nitrogens with zero attached hydrogens (tertiary/aromatic N) is 1. The van der Waals surface area contributed by atoms with Crippen molar-refractivity contribution < 1.29 is 19.1 Å². The Bertz CT molecular complexity index is 1100. The molecule has 2 aromatic rings. The Balaban J connectivity index is 2.00. The average molecular weight is 522 g/mol. The molecular formula is C31H43N3O4. The third-order valence-corrected chi connectivity index (χ3v) is 7.00. The van der Waals surface area contributed by atoms with E-state index in [9.17, 15) is 14.4 Å². The lowest BCUT2D eigenvalue weighted by Crippen LogP contribution is -2.56. The van der Waals surface area contributed by atoms with E-state index < -0.39 is 23.8 Å². The van der Waals surface area contributed by atoms with Gasteiger partial charge in [-0.3, -0.25) is 9.59 Å². The third-order valence-electron chi connectivity index (χ3n) is 7.00. The van der Waals surface area contributed by atoms with Crippen LogP contribution in [0.4, 0.5) is 4.79 Å². The summed E-state index contributed by atoms with van der Waals surface area (Å²) >= 11 is 0. The number of hydrogen-bond donors (Lipinski definition) is 2. The second-order valence-corrected chi connectivity index (χ2v) is 11.4. The van der Waals surface area contributed by atoms with E-state index in [0.29, 0.717) is 13.0 Å². The van der Waals surface area contributed by atoms with Crippen LogP contribution in [0.2, 0.25) is 0 Å². The molecule has 1 fully saturated rings. The molecule has 1 saturated carbocycles. The minimum atomic E-state index is -0.816.